The maximum Gasteiger partial charge on any atom is 0.135 e. The van der Waals surface area contributed by atoms with Crippen molar-refractivity contribution in [1.82, 2.24) is 0 Å². The van der Waals surface area contributed by atoms with E-state index in [4.69, 9.17) is 4.42 Å². The lowest BCUT2D eigenvalue weighted by molar-refractivity contribution is 0.669. The average Bonchev–Trinajstić information content (AvgIpc) is 3.56. The predicted octanol–water partition coefficient (Wildman–Crippen LogP) is 14.0. The first-order chi connectivity index (χ1) is 25.3. The first-order valence-corrected chi connectivity index (χ1v) is 17.4. The van der Waals surface area contributed by atoms with Crippen LogP contribution in [0.4, 0.5) is 34.1 Å². The third-order valence-electron chi connectivity index (χ3n) is 10.5. The van der Waals surface area contributed by atoms with Crippen molar-refractivity contribution in [2.45, 2.75) is 0 Å². The molecule has 1 aromatic heterocycles. The molecule has 0 unspecified atom stereocenters. The molecule has 0 aliphatic carbocycles. The van der Waals surface area contributed by atoms with Crippen LogP contribution in [0.1, 0.15) is 0 Å². The molecular weight excluding hydrogens is 621 g/mol. The largest absolute Gasteiger partial charge is 0.456 e. The molecule has 0 saturated carbocycles. The molecular formula is C48H30N2O. The Morgan fingerprint density at radius 2 is 1.04 bits per heavy atom. The van der Waals surface area contributed by atoms with Crippen molar-refractivity contribution in [1.29, 1.82) is 0 Å². The normalized spacial score (nSPS) is 12.3. The van der Waals surface area contributed by atoms with Crippen LogP contribution in [0.5, 0.6) is 0 Å². The van der Waals surface area contributed by atoms with E-state index in [1.165, 1.54) is 54.8 Å². The van der Waals surface area contributed by atoms with E-state index in [0.29, 0.717) is 0 Å². The van der Waals surface area contributed by atoms with E-state index < -0.39 is 0 Å². The summed E-state index contributed by atoms with van der Waals surface area (Å²) in [6, 6.07) is 65.7. The summed E-state index contributed by atoms with van der Waals surface area (Å²) in [7, 11) is 0. The van der Waals surface area contributed by atoms with Crippen molar-refractivity contribution >= 4 is 88.4 Å². The quantitative estimate of drug-likeness (QED) is 0.189. The van der Waals surface area contributed by atoms with Gasteiger partial charge in [0.1, 0.15) is 11.2 Å². The predicted molar refractivity (Wildman–Crippen MR) is 215 cm³/mol. The molecule has 9 aromatic carbocycles. The molecule has 51 heavy (non-hydrogen) atoms. The van der Waals surface area contributed by atoms with Crippen LogP contribution in [0.2, 0.25) is 0 Å². The van der Waals surface area contributed by atoms with Gasteiger partial charge in [-0.05, 0) is 99.9 Å². The maximum absolute atomic E-state index is 6.23. The van der Waals surface area contributed by atoms with Crippen LogP contribution in [0.15, 0.2) is 186 Å². The van der Waals surface area contributed by atoms with E-state index in [1.807, 2.05) is 12.1 Å². The van der Waals surface area contributed by atoms with Crippen molar-refractivity contribution in [3.63, 3.8) is 0 Å². The minimum Gasteiger partial charge on any atom is -0.456 e. The standard InChI is InChI=1S/C48H30N2O/c1-2-12-34-29-45-41(28-33(34)11-1)40-18-7-14-32-15-9-20-44(48(32)40)50(45)36-24-22-35(23-25-36)49(43-19-8-13-31-10-3-4-16-38(31)43)37-26-27-47-42(30-37)39-17-5-6-21-46(39)51-47/h1-30H. The topological polar surface area (TPSA) is 19.6 Å². The van der Waals surface area contributed by atoms with Crippen LogP contribution in [0.25, 0.3) is 65.4 Å². The molecule has 3 nitrogen and oxygen atoms in total. The molecule has 238 valence electrons. The fourth-order valence-corrected chi connectivity index (χ4v) is 8.20. The molecule has 0 spiro atoms. The monoisotopic (exact) mass is 650 g/mol. The van der Waals surface area contributed by atoms with Crippen LogP contribution in [-0.2, 0) is 0 Å². The van der Waals surface area contributed by atoms with Gasteiger partial charge in [-0.15, -0.1) is 0 Å². The maximum atomic E-state index is 6.23. The molecule has 10 aromatic rings. The Morgan fingerprint density at radius 3 is 1.90 bits per heavy atom. The van der Waals surface area contributed by atoms with Crippen molar-refractivity contribution in [2.75, 3.05) is 9.80 Å². The van der Waals surface area contributed by atoms with E-state index in [1.54, 1.807) is 0 Å². The van der Waals surface area contributed by atoms with E-state index >= 15 is 0 Å². The number of fused-ring (bicyclic) bond motifs is 7. The number of hydrogen-bond acceptors (Lipinski definition) is 3. The highest BCUT2D eigenvalue weighted by Gasteiger charge is 2.27. The molecule has 0 atom stereocenters. The van der Waals surface area contributed by atoms with Crippen molar-refractivity contribution in [3.8, 4) is 11.1 Å². The van der Waals surface area contributed by atoms with Crippen molar-refractivity contribution in [2.24, 2.45) is 0 Å². The third-order valence-corrected chi connectivity index (χ3v) is 10.5. The zero-order valence-corrected chi connectivity index (χ0v) is 27.6. The third kappa shape index (κ3) is 4.25. The summed E-state index contributed by atoms with van der Waals surface area (Å²) < 4.78 is 6.23. The number of rotatable bonds is 4. The first kappa shape index (κ1) is 28.0. The fourth-order valence-electron chi connectivity index (χ4n) is 8.20. The highest BCUT2D eigenvalue weighted by molar-refractivity contribution is 6.16. The second-order valence-corrected chi connectivity index (χ2v) is 13.4. The second-order valence-electron chi connectivity index (χ2n) is 13.4. The summed E-state index contributed by atoms with van der Waals surface area (Å²) in [6.07, 6.45) is 0. The molecule has 0 radical (unpaired) electrons. The van der Waals surface area contributed by atoms with Gasteiger partial charge in [0.15, 0.2) is 0 Å². The lowest BCUT2D eigenvalue weighted by Gasteiger charge is -2.34. The molecule has 0 amide bonds. The van der Waals surface area contributed by atoms with Crippen molar-refractivity contribution < 1.29 is 4.42 Å². The van der Waals surface area contributed by atoms with E-state index in [9.17, 15) is 0 Å². The van der Waals surface area contributed by atoms with Crippen LogP contribution in [-0.4, -0.2) is 0 Å². The molecule has 0 saturated heterocycles. The first-order valence-electron chi connectivity index (χ1n) is 17.4. The Labute approximate surface area is 294 Å². The number of hydrogen-bond donors (Lipinski definition) is 0. The van der Waals surface area contributed by atoms with Gasteiger partial charge in [0.2, 0.25) is 0 Å². The Hall–Kier alpha value is -6.84. The summed E-state index contributed by atoms with van der Waals surface area (Å²) in [5.41, 5.74) is 11.1. The zero-order valence-electron chi connectivity index (χ0n) is 27.6. The molecule has 11 rings (SSSR count). The second kappa shape index (κ2) is 10.8. The van der Waals surface area contributed by atoms with Gasteiger partial charge in [0.25, 0.3) is 0 Å². The van der Waals surface area contributed by atoms with Gasteiger partial charge in [0.05, 0.1) is 17.1 Å². The lowest BCUT2D eigenvalue weighted by Crippen LogP contribution is -2.15. The minimum absolute atomic E-state index is 0.888. The summed E-state index contributed by atoms with van der Waals surface area (Å²) in [5.74, 6) is 0. The molecule has 0 bridgehead atoms. The van der Waals surface area contributed by atoms with Gasteiger partial charge < -0.3 is 14.2 Å². The Kier molecular flexibility index (Phi) is 5.96. The van der Waals surface area contributed by atoms with E-state index in [2.05, 4.69) is 180 Å². The number of furan rings is 1. The highest BCUT2D eigenvalue weighted by Crippen LogP contribution is 2.52. The van der Waals surface area contributed by atoms with Gasteiger partial charge in [-0.2, -0.15) is 0 Å². The van der Waals surface area contributed by atoms with Gasteiger partial charge in [-0.3, -0.25) is 0 Å². The molecule has 3 heteroatoms. The Balaban J connectivity index is 1.11. The smallest absolute Gasteiger partial charge is 0.135 e. The molecule has 1 aliphatic heterocycles. The summed E-state index contributed by atoms with van der Waals surface area (Å²) in [6.45, 7) is 0. The van der Waals surface area contributed by atoms with Gasteiger partial charge in [0, 0.05) is 44.2 Å². The summed E-state index contributed by atoms with van der Waals surface area (Å²) in [4.78, 5) is 4.81. The lowest BCUT2D eigenvalue weighted by atomic mass is 9.89. The minimum atomic E-state index is 0.888. The van der Waals surface area contributed by atoms with Crippen LogP contribution in [0, 0.1) is 0 Å². The Morgan fingerprint density at radius 1 is 0.392 bits per heavy atom. The van der Waals surface area contributed by atoms with Gasteiger partial charge in [-0.25, -0.2) is 0 Å². The number of para-hydroxylation sites is 1. The van der Waals surface area contributed by atoms with Crippen LogP contribution >= 0.6 is 0 Å². The number of nitrogens with zero attached hydrogens (tertiary/aromatic N) is 2. The summed E-state index contributed by atoms with van der Waals surface area (Å²) >= 11 is 0. The van der Waals surface area contributed by atoms with Crippen molar-refractivity contribution in [3.05, 3.63) is 182 Å². The number of benzene rings is 9. The van der Waals surface area contributed by atoms with E-state index in [0.717, 1.165) is 44.7 Å². The molecule has 2 heterocycles. The van der Waals surface area contributed by atoms with Gasteiger partial charge in [-0.1, -0.05) is 109 Å². The number of anilines is 6. The fraction of sp³-hybridized carbons (Fsp3) is 0. The van der Waals surface area contributed by atoms with E-state index in [-0.39, 0.29) is 0 Å². The van der Waals surface area contributed by atoms with Gasteiger partial charge >= 0.3 is 0 Å². The van der Waals surface area contributed by atoms with Crippen LogP contribution in [0.3, 0.4) is 0 Å². The average molecular weight is 651 g/mol. The SMILES string of the molecule is c1ccc2cc3c(cc2c1)-c1cccc2cccc(c12)N3c1ccc(N(c2ccc3oc4ccccc4c3c2)c2cccc3ccccc23)cc1. The van der Waals surface area contributed by atoms with Crippen LogP contribution < -0.4 is 9.80 Å². The Bertz CT molecular complexity index is 2980. The summed E-state index contributed by atoms with van der Waals surface area (Å²) in [5, 5.41) is 9.63. The molecule has 0 fully saturated rings. The zero-order chi connectivity index (χ0) is 33.5. The highest BCUT2D eigenvalue weighted by atomic mass is 16.3. The molecule has 1 aliphatic rings. The molecule has 0 N–H and O–H groups in total.